The van der Waals surface area contributed by atoms with Gasteiger partial charge in [0.2, 0.25) is 0 Å². The highest BCUT2D eigenvalue weighted by molar-refractivity contribution is 5.37. The van der Waals surface area contributed by atoms with Crippen molar-refractivity contribution in [1.29, 1.82) is 0 Å². The number of nitrogen functional groups attached to an aromatic ring is 1. The minimum atomic E-state index is 0.724. The molecule has 0 atom stereocenters. The van der Waals surface area contributed by atoms with Crippen LogP contribution < -0.4 is 5.73 Å². The van der Waals surface area contributed by atoms with Crippen LogP contribution in [0.4, 0.5) is 5.69 Å². The fraction of sp³-hybridized carbons (Fsp3) is 0.259. The highest BCUT2D eigenvalue weighted by Crippen LogP contribution is 2.12. The normalized spacial score (nSPS) is 11.2. The first-order valence-electron chi connectivity index (χ1n) is 11.6. The average molecular weight is 454 g/mol. The molecule has 2 N–H and O–H groups in total. The Morgan fingerprint density at radius 2 is 0.971 bits per heavy atom. The lowest BCUT2D eigenvalue weighted by Gasteiger charge is -2.25. The molecule has 0 saturated carbocycles. The Labute approximate surface area is 201 Å². The van der Waals surface area contributed by atoms with Crippen LogP contribution in [0.15, 0.2) is 91.5 Å². The summed E-state index contributed by atoms with van der Waals surface area (Å²) in [6.45, 7) is 4.90. The Morgan fingerprint density at radius 1 is 0.529 bits per heavy atom. The molecule has 0 amide bonds. The highest BCUT2D eigenvalue weighted by Gasteiger charge is 2.13. The van der Waals surface area contributed by atoms with Gasteiger partial charge in [-0.3, -0.25) is 29.7 Å². The molecule has 7 heteroatoms. The number of nitrogens with two attached hydrogens (primary N) is 1. The van der Waals surface area contributed by atoms with Crippen LogP contribution in [0, 0.1) is 0 Å². The molecule has 0 aromatic carbocycles. The maximum atomic E-state index is 5.98. The van der Waals surface area contributed by atoms with E-state index in [0.717, 1.165) is 74.2 Å². The minimum absolute atomic E-state index is 0.724. The second kappa shape index (κ2) is 12.5. The third kappa shape index (κ3) is 7.72. The summed E-state index contributed by atoms with van der Waals surface area (Å²) in [6.07, 6.45) is 8.30. The first-order chi connectivity index (χ1) is 16.7. The average Bonchev–Trinajstić information content (AvgIpc) is 2.86. The van der Waals surface area contributed by atoms with E-state index in [2.05, 4.69) is 47.9 Å². The van der Waals surface area contributed by atoms with E-state index in [-0.39, 0.29) is 0 Å². The van der Waals surface area contributed by atoms with Crippen LogP contribution in [0.5, 0.6) is 0 Å². The first-order valence-corrected chi connectivity index (χ1v) is 11.6. The smallest absolute Gasteiger partial charge is 0.0564 e. The molecule has 4 aromatic heterocycles. The zero-order chi connectivity index (χ0) is 23.4. The second-order valence-corrected chi connectivity index (χ2v) is 8.32. The van der Waals surface area contributed by atoms with Gasteiger partial charge in [-0.25, -0.2) is 0 Å². The van der Waals surface area contributed by atoms with E-state index < -0.39 is 0 Å². The Balaban J connectivity index is 1.41. The van der Waals surface area contributed by atoms with Gasteiger partial charge in [0.1, 0.15) is 0 Å². The Morgan fingerprint density at radius 3 is 1.38 bits per heavy atom. The molecule has 174 valence electrons. The summed E-state index contributed by atoms with van der Waals surface area (Å²) in [6, 6.07) is 21.9. The van der Waals surface area contributed by atoms with Gasteiger partial charge in [0.15, 0.2) is 0 Å². The molecule has 4 aromatic rings. The summed E-state index contributed by atoms with van der Waals surface area (Å²) >= 11 is 0. The van der Waals surface area contributed by atoms with Crippen LogP contribution >= 0.6 is 0 Å². The van der Waals surface area contributed by atoms with Gasteiger partial charge in [-0.15, -0.1) is 0 Å². The summed E-state index contributed by atoms with van der Waals surface area (Å²) in [5.74, 6) is 0. The van der Waals surface area contributed by atoms with Crippen LogP contribution in [0.25, 0.3) is 0 Å². The number of pyridine rings is 4. The van der Waals surface area contributed by atoms with E-state index in [0.29, 0.717) is 0 Å². The molecule has 0 aliphatic carbocycles. The van der Waals surface area contributed by atoms with Gasteiger partial charge in [-0.2, -0.15) is 0 Å². The third-order valence-corrected chi connectivity index (χ3v) is 5.51. The predicted molar refractivity (Wildman–Crippen MR) is 134 cm³/mol. The summed E-state index contributed by atoms with van der Waals surface area (Å²) in [5.41, 5.74) is 10.9. The van der Waals surface area contributed by atoms with Gasteiger partial charge in [-0.05, 0) is 55.0 Å². The molecule has 0 aliphatic rings. The zero-order valence-corrected chi connectivity index (χ0v) is 19.4. The lowest BCUT2D eigenvalue weighted by atomic mass is 10.2. The molecule has 4 heterocycles. The first kappa shape index (κ1) is 23.5. The summed E-state index contributed by atoms with van der Waals surface area (Å²) in [7, 11) is 0. The summed E-state index contributed by atoms with van der Waals surface area (Å²) < 4.78 is 0. The SMILES string of the molecule is Nc1ccnc(CN(CCCN(Cc2ccccn2)Cc2ccccn2)Cc2ccccn2)c1. The number of hydrogen-bond donors (Lipinski definition) is 1. The largest absolute Gasteiger partial charge is 0.399 e. The molecule has 0 fully saturated rings. The second-order valence-electron chi connectivity index (χ2n) is 8.32. The third-order valence-electron chi connectivity index (χ3n) is 5.51. The molecule has 0 bridgehead atoms. The fourth-order valence-electron chi connectivity index (χ4n) is 3.92. The molecule has 0 spiro atoms. The van der Waals surface area contributed by atoms with Crippen molar-refractivity contribution >= 4 is 5.69 Å². The number of nitrogens with zero attached hydrogens (tertiary/aromatic N) is 6. The quantitative estimate of drug-likeness (QED) is 0.348. The standard InChI is InChI=1S/C27H31N7/c28-23-11-15-32-27(18-23)22-34(21-26-10-3-6-14-31-26)17-7-16-33(19-24-8-1-4-12-29-24)20-25-9-2-5-13-30-25/h1-6,8-15,18H,7,16-17,19-22H2,(H2,28,32). The van der Waals surface area contributed by atoms with Crippen molar-refractivity contribution in [1.82, 2.24) is 29.7 Å². The van der Waals surface area contributed by atoms with Gasteiger partial charge in [0, 0.05) is 69.7 Å². The molecule has 7 nitrogen and oxygen atoms in total. The number of aromatic nitrogens is 4. The Bertz CT molecular complexity index is 1070. The van der Waals surface area contributed by atoms with Crippen LogP contribution in [0.1, 0.15) is 29.2 Å². The zero-order valence-electron chi connectivity index (χ0n) is 19.4. The Kier molecular flexibility index (Phi) is 8.65. The lowest BCUT2D eigenvalue weighted by Crippen LogP contribution is -2.30. The fourth-order valence-corrected chi connectivity index (χ4v) is 3.92. The van der Waals surface area contributed by atoms with Crippen LogP contribution in [0.3, 0.4) is 0 Å². The number of rotatable bonds is 12. The van der Waals surface area contributed by atoms with Crippen LogP contribution in [0.2, 0.25) is 0 Å². The van der Waals surface area contributed by atoms with Crippen molar-refractivity contribution in [3.05, 3.63) is 114 Å². The van der Waals surface area contributed by atoms with Crippen molar-refractivity contribution in [3.63, 3.8) is 0 Å². The van der Waals surface area contributed by atoms with E-state index in [1.54, 1.807) is 6.20 Å². The van der Waals surface area contributed by atoms with Crippen LogP contribution in [-0.4, -0.2) is 42.8 Å². The topological polar surface area (TPSA) is 84.1 Å². The maximum Gasteiger partial charge on any atom is 0.0564 e. The maximum absolute atomic E-state index is 5.98. The molecular formula is C27H31N7. The molecule has 0 saturated heterocycles. The van der Waals surface area contributed by atoms with E-state index in [1.807, 2.05) is 67.1 Å². The van der Waals surface area contributed by atoms with Crippen molar-refractivity contribution in [2.45, 2.75) is 32.6 Å². The van der Waals surface area contributed by atoms with Gasteiger partial charge in [0.25, 0.3) is 0 Å². The Hall–Kier alpha value is -3.68. The van der Waals surface area contributed by atoms with Gasteiger partial charge < -0.3 is 5.73 Å². The molecule has 0 radical (unpaired) electrons. The van der Waals surface area contributed by atoms with E-state index in [9.17, 15) is 0 Å². The van der Waals surface area contributed by atoms with Crippen molar-refractivity contribution in [3.8, 4) is 0 Å². The van der Waals surface area contributed by atoms with Crippen molar-refractivity contribution < 1.29 is 0 Å². The van der Waals surface area contributed by atoms with Gasteiger partial charge >= 0.3 is 0 Å². The number of hydrogen-bond acceptors (Lipinski definition) is 7. The molecule has 0 unspecified atom stereocenters. The van der Waals surface area contributed by atoms with Gasteiger partial charge in [-0.1, -0.05) is 18.2 Å². The number of anilines is 1. The highest BCUT2D eigenvalue weighted by atomic mass is 15.2. The minimum Gasteiger partial charge on any atom is -0.399 e. The van der Waals surface area contributed by atoms with E-state index in [4.69, 9.17) is 5.73 Å². The predicted octanol–water partition coefficient (Wildman–Crippen LogP) is 3.94. The van der Waals surface area contributed by atoms with Crippen molar-refractivity contribution in [2.75, 3.05) is 18.8 Å². The molecule has 34 heavy (non-hydrogen) atoms. The summed E-state index contributed by atoms with van der Waals surface area (Å²) in [4.78, 5) is 22.9. The molecule has 4 rings (SSSR count). The van der Waals surface area contributed by atoms with Gasteiger partial charge in [0.05, 0.1) is 22.8 Å². The molecular weight excluding hydrogens is 422 g/mol. The molecule has 0 aliphatic heterocycles. The summed E-state index contributed by atoms with van der Waals surface area (Å²) in [5, 5.41) is 0. The van der Waals surface area contributed by atoms with E-state index in [1.165, 1.54) is 0 Å². The van der Waals surface area contributed by atoms with Crippen LogP contribution in [-0.2, 0) is 26.2 Å². The monoisotopic (exact) mass is 453 g/mol. The van der Waals surface area contributed by atoms with E-state index >= 15 is 0 Å². The lowest BCUT2D eigenvalue weighted by molar-refractivity contribution is 0.202. The van der Waals surface area contributed by atoms with Crippen molar-refractivity contribution in [2.24, 2.45) is 0 Å².